The van der Waals surface area contributed by atoms with Crippen molar-refractivity contribution in [2.75, 3.05) is 19.8 Å². The summed E-state index contributed by atoms with van der Waals surface area (Å²) in [7, 11) is 0. The standard InChI is InChI=1S/C28H36ClN3O2/c1-4-6-14-31(19-22-12-13-25-26(18-22)34-17-16-33-25)20-24-27(29)30-28(32(24)15-7-5-2)23-11-9-8-10-21(23)3/h8-13,18H,4-7,14-17,19-20H2,1-3H3. The van der Waals surface area contributed by atoms with Gasteiger partial charge in [-0.25, -0.2) is 4.98 Å². The second-order valence-electron chi connectivity index (χ2n) is 9.04. The first-order chi connectivity index (χ1) is 16.6. The van der Waals surface area contributed by atoms with Gasteiger partial charge in [-0.2, -0.15) is 0 Å². The van der Waals surface area contributed by atoms with Crippen molar-refractivity contribution in [2.24, 2.45) is 0 Å². The predicted molar refractivity (Wildman–Crippen MR) is 139 cm³/mol. The lowest BCUT2D eigenvalue weighted by Gasteiger charge is -2.25. The first-order valence-corrected chi connectivity index (χ1v) is 12.9. The Kier molecular flexibility index (Phi) is 8.52. The number of aromatic nitrogens is 2. The third-order valence-corrected chi connectivity index (χ3v) is 6.66. The molecule has 0 aliphatic carbocycles. The van der Waals surface area contributed by atoms with Gasteiger partial charge < -0.3 is 14.0 Å². The average Bonchev–Trinajstić information content (AvgIpc) is 3.15. The number of unbranched alkanes of at least 4 members (excludes halogenated alkanes) is 2. The highest BCUT2D eigenvalue weighted by molar-refractivity contribution is 6.30. The summed E-state index contributed by atoms with van der Waals surface area (Å²) in [5.41, 5.74) is 4.68. The maximum absolute atomic E-state index is 6.81. The minimum absolute atomic E-state index is 0.601. The second-order valence-corrected chi connectivity index (χ2v) is 9.39. The van der Waals surface area contributed by atoms with Gasteiger partial charge in [0.1, 0.15) is 19.0 Å². The zero-order valence-electron chi connectivity index (χ0n) is 20.6. The van der Waals surface area contributed by atoms with E-state index >= 15 is 0 Å². The normalized spacial score (nSPS) is 13.0. The number of rotatable bonds is 11. The van der Waals surface area contributed by atoms with Crippen molar-refractivity contribution in [3.8, 4) is 22.9 Å². The van der Waals surface area contributed by atoms with Gasteiger partial charge in [0.15, 0.2) is 16.7 Å². The first kappa shape index (κ1) is 24.6. The van der Waals surface area contributed by atoms with E-state index in [2.05, 4.69) is 66.6 Å². The zero-order valence-corrected chi connectivity index (χ0v) is 21.4. The van der Waals surface area contributed by atoms with Crippen molar-refractivity contribution >= 4 is 11.6 Å². The van der Waals surface area contributed by atoms with Crippen LogP contribution in [0.25, 0.3) is 11.4 Å². The van der Waals surface area contributed by atoms with Gasteiger partial charge in [-0.1, -0.05) is 68.6 Å². The van der Waals surface area contributed by atoms with E-state index in [1.165, 1.54) is 11.1 Å². The zero-order chi connectivity index (χ0) is 23.9. The highest BCUT2D eigenvalue weighted by Gasteiger charge is 2.21. The largest absolute Gasteiger partial charge is 0.486 e. The van der Waals surface area contributed by atoms with Crippen LogP contribution in [0.3, 0.4) is 0 Å². The molecule has 1 aliphatic rings. The molecule has 0 N–H and O–H groups in total. The Labute approximate surface area is 208 Å². The van der Waals surface area contributed by atoms with Crippen LogP contribution in [0.2, 0.25) is 5.15 Å². The molecule has 1 aromatic heterocycles. The van der Waals surface area contributed by atoms with E-state index in [9.17, 15) is 0 Å². The van der Waals surface area contributed by atoms with Gasteiger partial charge >= 0.3 is 0 Å². The van der Waals surface area contributed by atoms with Crippen LogP contribution >= 0.6 is 11.6 Å². The molecule has 34 heavy (non-hydrogen) atoms. The van der Waals surface area contributed by atoms with Crippen molar-refractivity contribution in [1.29, 1.82) is 0 Å². The molecule has 3 aromatic rings. The van der Waals surface area contributed by atoms with E-state index in [1.807, 2.05) is 6.07 Å². The molecule has 2 aromatic carbocycles. The van der Waals surface area contributed by atoms with Crippen molar-refractivity contribution in [3.63, 3.8) is 0 Å². The van der Waals surface area contributed by atoms with Crippen molar-refractivity contribution in [3.05, 3.63) is 64.4 Å². The summed E-state index contributed by atoms with van der Waals surface area (Å²) in [5.74, 6) is 2.65. The van der Waals surface area contributed by atoms with Gasteiger partial charge in [0.05, 0.1) is 5.69 Å². The molecule has 6 heteroatoms. The quantitative estimate of drug-likeness (QED) is 0.299. The molecular formula is C28H36ClN3O2. The molecule has 0 saturated carbocycles. The average molecular weight is 482 g/mol. The van der Waals surface area contributed by atoms with Crippen LogP contribution in [0, 0.1) is 6.92 Å². The third-order valence-electron chi connectivity index (χ3n) is 6.36. The summed E-state index contributed by atoms with van der Waals surface area (Å²) in [6.45, 7) is 11.3. The fourth-order valence-electron chi connectivity index (χ4n) is 4.45. The van der Waals surface area contributed by atoms with E-state index in [4.69, 9.17) is 26.1 Å². The summed E-state index contributed by atoms with van der Waals surface area (Å²) in [6.07, 6.45) is 4.50. The molecule has 1 aliphatic heterocycles. The molecule has 0 fully saturated rings. The predicted octanol–water partition coefficient (Wildman–Crippen LogP) is 6.89. The summed E-state index contributed by atoms with van der Waals surface area (Å²) < 4.78 is 13.9. The molecule has 0 radical (unpaired) electrons. The summed E-state index contributed by atoms with van der Waals surface area (Å²) in [5, 5.41) is 0.609. The summed E-state index contributed by atoms with van der Waals surface area (Å²) in [6, 6.07) is 14.7. The third kappa shape index (κ3) is 5.76. The van der Waals surface area contributed by atoms with Gasteiger partial charge in [0.25, 0.3) is 0 Å². The second kappa shape index (κ2) is 11.8. The number of hydrogen-bond acceptors (Lipinski definition) is 4. The maximum atomic E-state index is 6.81. The Morgan fingerprint density at radius 2 is 1.74 bits per heavy atom. The van der Waals surface area contributed by atoms with Crippen molar-refractivity contribution < 1.29 is 9.47 Å². The van der Waals surface area contributed by atoms with Gasteiger partial charge in [-0.15, -0.1) is 0 Å². The number of benzene rings is 2. The number of halogens is 1. The van der Waals surface area contributed by atoms with Crippen LogP contribution < -0.4 is 9.47 Å². The van der Waals surface area contributed by atoms with E-state index in [1.54, 1.807) is 0 Å². The van der Waals surface area contributed by atoms with Crippen molar-refractivity contribution in [2.45, 2.75) is 66.1 Å². The highest BCUT2D eigenvalue weighted by Crippen LogP contribution is 2.32. The highest BCUT2D eigenvalue weighted by atomic mass is 35.5. The Bertz CT molecular complexity index is 1100. The van der Waals surface area contributed by atoms with Gasteiger partial charge in [0.2, 0.25) is 0 Å². The number of imidazole rings is 1. The molecule has 0 amide bonds. The van der Waals surface area contributed by atoms with Gasteiger partial charge in [-0.3, -0.25) is 4.90 Å². The molecule has 0 unspecified atom stereocenters. The van der Waals surface area contributed by atoms with Gasteiger partial charge in [0, 0.05) is 25.2 Å². The summed E-state index contributed by atoms with van der Waals surface area (Å²) in [4.78, 5) is 7.33. The van der Waals surface area contributed by atoms with E-state index in [0.717, 1.165) is 80.4 Å². The van der Waals surface area contributed by atoms with E-state index in [0.29, 0.717) is 18.4 Å². The molecule has 0 atom stereocenters. The van der Waals surface area contributed by atoms with Crippen LogP contribution in [-0.2, 0) is 19.6 Å². The van der Waals surface area contributed by atoms with Crippen LogP contribution in [0.15, 0.2) is 42.5 Å². The smallest absolute Gasteiger partial charge is 0.161 e. The Morgan fingerprint density at radius 1 is 0.971 bits per heavy atom. The summed E-state index contributed by atoms with van der Waals surface area (Å²) >= 11 is 6.81. The molecule has 0 saturated heterocycles. The fraction of sp³-hybridized carbons (Fsp3) is 0.464. The van der Waals surface area contributed by atoms with Crippen LogP contribution in [0.4, 0.5) is 0 Å². The SMILES string of the molecule is CCCCN(Cc1ccc2c(c1)OCCO2)Cc1c(Cl)nc(-c2ccccc2C)n1CCCC. The number of nitrogens with zero attached hydrogens (tertiary/aromatic N) is 3. The number of ether oxygens (including phenoxy) is 2. The minimum atomic E-state index is 0.601. The molecule has 0 bridgehead atoms. The molecule has 0 spiro atoms. The lowest BCUT2D eigenvalue weighted by atomic mass is 10.1. The first-order valence-electron chi connectivity index (χ1n) is 12.5. The molecule has 182 valence electrons. The number of fused-ring (bicyclic) bond motifs is 1. The van der Waals surface area contributed by atoms with E-state index in [-0.39, 0.29) is 0 Å². The van der Waals surface area contributed by atoms with Crippen LogP contribution in [0.1, 0.15) is 56.4 Å². The fourth-order valence-corrected chi connectivity index (χ4v) is 4.69. The molecule has 4 rings (SSSR count). The van der Waals surface area contributed by atoms with Crippen LogP contribution in [-0.4, -0.2) is 34.2 Å². The van der Waals surface area contributed by atoms with Gasteiger partial charge in [-0.05, 0) is 49.6 Å². The Morgan fingerprint density at radius 3 is 2.50 bits per heavy atom. The monoisotopic (exact) mass is 481 g/mol. The van der Waals surface area contributed by atoms with Crippen molar-refractivity contribution in [1.82, 2.24) is 14.5 Å². The van der Waals surface area contributed by atoms with E-state index < -0.39 is 0 Å². The minimum Gasteiger partial charge on any atom is -0.486 e. The maximum Gasteiger partial charge on any atom is 0.161 e. The Hall–Kier alpha value is -2.50. The topological polar surface area (TPSA) is 39.5 Å². The lowest BCUT2D eigenvalue weighted by molar-refractivity contribution is 0.171. The van der Waals surface area contributed by atoms with Crippen LogP contribution in [0.5, 0.6) is 11.5 Å². The molecular weight excluding hydrogens is 446 g/mol. The molecule has 2 heterocycles. The Balaban J connectivity index is 1.63. The number of hydrogen-bond donors (Lipinski definition) is 0. The number of aryl methyl sites for hydroxylation is 1. The molecule has 5 nitrogen and oxygen atoms in total. The lowest BCUT2D eigenvalue weighted by Crippen LogP contribution is -2.26.